The second kappa shape index (κ2) is 18.7. The number of rotatable bonds is 15. The summed E-state index contributed by atoms with van der Waals surface area (Å²) in [7, 11) is 0. The minimum absolute atomic E-state index is 0.0741. The van der Waals surface area contributed by atoms with Crippen molar-refractivity contribution in [1.29, 1.82) is 0 Å². The zero-order valence-corrected chi connectivity index (χ0v) is 26.6. The highest BCUT2D eigenvalue weighted by Gasteiger charge is 2.25. The number of alkyl carbamates (subject to hydrolysis) is 3. The molecule has 0 spiro atoms. The van der Waals surface area contributed by atoms with Crippen LogP contribution in [0.15, 0.2) is 91.0 Å². The molecular formula is C35H44N4O7. The molecule has 0 bridgehead atoms. The van der Waals surface area contributed by atoms with Crippen molar-refractivity contribution in [3.05, 3.63) is 108 Å². The Morgan fingerprint density at radius 2 is 1.17 bits per heavy atom. The normalized spacial score (nSPS) is 12.2. The molecule has 0 saturated carbocycles. The van der Waals surface area contributed by atoms with Crippen molar-refractivity contribution in [3.63, 3.8) is 0 Å². The van der Waals surface area contributed by atoms with Gasteiger partial charge in [-0.2, -0.15) is 0 Å². The fraction of sp³-hybridized carbons (Fsp3) is 0.371. The van der Waals surface area contributed by atoms with E-state index in [1.165, 1.54) is 0 Å². The molecule has 0 aliphatic carbocycles. The molecule has 0 aliphatic heterocycles. The van der Waals surface area contributed by atoms with Crippen LogP contribution in [0.2, 0.25) is 0 Å². The molecule has 0 radical (unpaired) electrons. The molecule has 0 fully saturated rings. The molecule has 3 aromatic carbocycles. The molecule has 4 amide bonds. The van der Waals surface area contributed by atoms with Gasteiger partial charge < -0.3 is 35.5 Å². The van der Waals surface area contributed by atoms with Gasteiger partial charge in [-0.25, -0.2) is 14.4 Å². The van der Waals surface area contributed by atoms with Crippen LogP contribution in [0.4, 0.5) is 14.4 Å². The van der Waals surface area contributed by atoms with E-state index >= 15 is 0 Å². The van der Waals surface area contributed by atoms with Crippen molar-refractivity contribution in [1.82, 2.24) is 21.3 Å². The van der Waals surface area contributed by atoms with E-state index in [0.717, 1.165) is 16.7 Å². The minimum atomic E-state index is -0.959. The Labute approximate surface area is 270 Å². The summed E-state index contributed by atoms with van der Waals surface area (Å²) in [6, 6.07) is 26.7. The number of benzene rings is 3. The molecule has 11 nitrogen and oxygen atoms in total. The molecule has 246 valence electrons. The molecule has 11 heteroatoms. The SMILES string of the molecule is CC(C)(C)OC(=O)NC(CCCNC(=O)OCc1ccccc1)C(=O)NCC(Cc1ccccc1)NC(=O)OCc1ccccc1. The third kappa shape index (κ3) is 14.6. The first-order chi connectivity index (χ1) is 22.1. The number of carbonyl (C=O) groups is 4. The summed E-state index contributed by atoms with van der Waals surface area (Å²) in [6.07, 6.45) is -0.940. The molecular weight excluding hydrogens is 588 g/mol. The van der Waals surface area contributed by atoms with E-state index in [9.17, 15) is 19.2 Å². The maximum atomic E-state index is 13.3. The van der Waals surface area contributed by atoms with E-state index in [1.807, 2.05) is 91.0 Å². The third-order valence-corrected chi connectivity index (χ3v) is 6.54. The Morgan fingerprint density at radius 1 is 0.652 bits per heavy atom. The first-order valence-corrected chi connectivity index (χ1v) is 15.3. The smallest absolute Gasteiger partial charge is 0.408 e. The molecule has 3 rings (SSSR count). The van der Waals surface area contributed by atoms with Gasteiger partial charge in [0.1, 0.15) is 24.9 Å². The molecule has 3 aromatic rings. The average Bonchev–Trinajstić information content (AvgIpc) is 3.03. The quantitative estimate of drug-likeness (QED) is 0.133. The summed E-state index contributed by atoms with van der Waals surface area (Å²) in [5, 5.41) is 11.0. The van der Waals surface area contributed by atoms with Gasteiger partial charge in [0, 0.05) is 13.1 Å². The lowest BCUT2D eigenvalue weighted by Crippen LogP contribution is -2.52. The van der Waals surface area contributed by atoms with Crippen molar-refractivity contribution >= 4 is 24.2 Å². The molecule has 4 N–H and O–H groups in total. The van der Waals surface area contributed by atoms with Gasteiger partial charge in [-0.05, 0) is 56.7 Å². The highest BCUT2D eigenvalue weighted by Crippen LogP contribution is 2.09. The number of hydrogen-bond donors (Lipinski definition) is 4. The first kappa shape index (κ1) is 35.4. The molecule has 46 heavy (non-hydrogen) atoms. The number of hydrogen-bond acceptors (Lipinski definition) is 7. The topological polar surface area (TPSA) is 144 Å². The first-order valence-electron chi connectivity index (χ1n) is 15.3. The molecule has 0 aliphatic rings. The molecule has 0 aromatic heterocycles. The maximum Gasteiger partial charge on any atom is 0.408 e. The summed E-state index contributed by atoms with van der Waals surface area (Å²) in [5.41, 5.74) is 1.90. The van der Waals surface area contributed by atoms with E-state index in [4.69, 9.17) is 14.2 Å². The van der Waals surface area contributed by atoms with Gasteiger partial charge in [0.15, 0.2) is 0 Å². The standard InChI is InChI=1S/C35H44N4O7/c1-35(2,3)46-34(43)39-30(20-13-21-36-32(41)44-24-27-16-9-5-10-17-27)31(40)37-23-29(22-26-14-7-4-8-15-26)38-33(42)45-25-28-18-11-6-12-19-28/h4-12,14-19,29-30H,13,20-25H2,1-3H3,(H,36,41)(H,37,40)(H,38,42)(H,39,43). The van der Waals surface area contributed by atoms with E-state index < -0.39 is 41.9 Å². The van der Waals surface area contributed by atoms with Crippen LogP contribution in [0.1, 0.15) is 50.3 Å². The van der Waals surface area contributed by atoms with Crippen LogP contribution < -0.4 is 21.3 Å². The molecule has 2 unspecified atom stereocenters. The lowest BCUT2D eigenvalue weighted by Gasteiger charge is -2.24. The second-order valence-corrected chi connectivity index (χ2v) is 11.7. The van der Waals surface area contributed by atoms with Gasteiger partial charge in [0.05, 0.1) is 6.04 Å². The average molecular weight is 633 g/mol. The summed E-state index contributed by atoms with van der Waals surface area (Å²) in [4.78, 5) is 50.7. The largest absolute Gasteiger partial charge is 0.445 e. The van der Waals surface area contributed by atoms with E-state index in [2.05, 4.69) is 21.3 Å². The fourth-order valence-corrected chi connectivity index (χ4v) is 4.34. The molecule has 2 atom stereocenters. The number of ether oxygens (including phenoxy) is 3. The van der Waals surface area contributed by atoms with Gasteiger partial charge in [-0.1, -0.05) is 91.0 Å². The second-order valence-electron chi connectivity index (χ2n) is 11.7. The molecule has 0 saturated heterocycles. The Balaban J connectivity index is 1.56. The van der Waals surface area contributed by atoms with Crippen molar-refractivity contribution in [2.24, 2.45) is 0 Å². The van der Waals surface area contributed by atoms with Gasteiger partial charge in [0.25, 0.3) is 0 Å². The highest BCUT2D eigenvalue weighted by molar-refractivity contribution is 5.85. The van der Waals surface area contributed by atoms with Crippen molar-refractivity contribution in [2.75, 3.05) is 13.1 Å². The van der Waals surface area contributed by atoms with Crippen molar-refractivity contribution < 1.29 is 33.4 Å². The summed E-state index contributed by atoms with van der Waals surface area (Å²) in [5.74, 6) is -0.463. The van der Waals surface area contributed by atoms with Crippen molar-refractivity contribution in [2.45, 2.75) is 70.9 Å². The number of nitrogens with one attached hydrogen (secondary N) is 4. The predicted octanol–water partition coefficient (Wildman–Crippen LogP) is 5.24. The lowest BCUT2D eigenvalue weighted by molar-refractivity contribution is -0.123. The number of carbonyl (C=O) groups excluding carboxylic acids is 4. The summed E-state index contributed by atoms with van der Waals surface area (Å²) >= 11 is 0. The van der Waals surface area contributed by atoms with E-state index in [0.29, 0.717) is 12.8 Å². The van der Waals surface area contributed by atoms with E-state index in [-0.39, 0.29) is 32.7 Å². The van der Waals surface area contributed by atoms with Crippen LogP contribution in [0.25, 0.3) is 0 Å². The number of amides is 4. The van der Waals surface area contributed by atoms with Gasteiger partial charge in [-0.15, -0.1) is 0 Å². The fourth-order valence-electron chi connectivity index (χ4n) is 4.34. The third-order valence-electron chi connectivity index (χ3n) is 6.54. The Bertz CT molecular complexity index is 1370. The Morgan fingerprint density at radius 3 is 1.72 bits per heavy atom. The van der Waals surface area contributed by atoms with Gasteiger partial charge in [0.2, 0.25) is 5.91 Å². The van der Waals surface area contributed by atoms with Crippen LogP contribution in [-0.2, 0) is 38.6 Å². The zero-order chi connectivity index (χ0) is 33.2. The summed E-state index contributed by atoms with van der Waals surface area (Å²) < 4.78 is 16.0. The monoisotopic (exact) mass is 632 g/mol. The lowest BCUT2D eigenvalue weighted by atomic mass is 10.1. The zero-order valence-electron chi connectivity index (χ0n) is 26.6. The summed E-state index contributed by atoms with van der Waals surface area (Å²) in [6.45, 7) is 5.71. The minimum Gasteiger partial charge on any atom is -0.445 e. The van der Waals surface area contributed by atoms with Gasteiger partial charge in [-0.3, -0.25) is 4.79 Å². The van der Waals surface area contributed by atoms with Crippen LogP contribution >= 0.6 is 0 Å². The van der Waals surface area contributed by atoms with Crippen LogP contribution in [0, 0.1) is 0 Å². The predicted molar refractivity (Wildman–Crippen MR) is 174 cm³/mol. The van der Waals surface area contributed by atoms with Crippen LogP contribution in [0.5, 0.6) is 0 Å². The van der Waals surface area contributed by atoms with Gasteiger partial charge >= 0.3 is 18.3 Å². The Hall–Kier alpha value is -5.06. The highest BCUT2D eigenvalue weighted by atomic mass is 16.6. The molecule has 0 heterocycles. The maximum absolute atomic E-state index is 13.3. The Kier molecular flexibility index (Phi) is 14.4. The van der Waals surface area contributed by atoms with Crippen molar-refractivity contribution in [3.8, 4) is 0 Å². The van der Waals surface area contributed by atoms with Crippen LogP contribution in [-0.4, -0.2) is 55.0 Å². The van der Waals surface area contributed by atoms with Crippen LogP contribution in [0.3, 0.4) is 0 Å². The van der Waals surface area contributed by atoms with E-state index in [1.54, 1.807) is 20.8 Å².